The zero-order valence-corrected chi connectivity index (χ0v) is 78.6. The molecule has 16 rings (SSSR count). The molecule has 8 amide bonds. The van der Waals surface area contributed by atoms with Gasteiger partial charge in [0.15, 0.2) is 0 Å². The first-order chi connectivity index (χ1) is 59.1. The number of urea groups is 4. The molecule has 0 unspecified atom stereocenters. The maximum absolute atomic E-state index is 14.6. The van der Waals surface area contributed by atoms with Gasteiger partial charge < -0.3 is 104 Å². The van der Waals surface area contributed by atoms with Crippen molar-refractivity contribution in [3.05, 3.63) is 0 Å². The van der Waals surface area contributed by atoms with E-state index in [0.29, 0.717) is 129 Å². The number of carbonyl (C=O) groups excluding carboxylic acids is 4. The lowest BCUT2D eigenvalue weighted by Gasteiger charge is -2.63. The summed E-state index contributed by atoms with van der Waals surface area (Å²) >= 11 is 0. The highest BCUT2D eigenvalue weighted by atomic mass is 16.3. The van der Waals surface area contributed by atoms with E-state index in [0.717, 1.165) is 103 Å². The van der Waals surface area contributed by atoms with E-state index in [-0.39, 0.29) is 214 Å². The molecule has 44 atom stereocenters. The predicted molar refractivity (Wildman–Crippen MR) is 479 cm³/mol. The molecule has 0 saturated heterocycles. The Balaban J connectivity index is 0.600. The molecule has 0 radical (unpaired) electrons. The Bertz CT molecular complexity index is 3310. The molecule has 0 aromatic heterocycles. The van der Waals surface area contributed by atoms with Gasteiger partial charge in [-0.05, 0) is 391 Å². The Morgan fingerprint density at radius 3 is 0.672 bits per heavy atom. The molecular formula is C101H172N8O16. The van der Waals surface area contributed by atoms with E-state index in [4.69, 9.17) is 0 Å². The molecule has 0 aliphatic heterocycles. The van der Waals surface area contributed by atoms with Crippen molar-refractivity contribution in [2.75, 3.05) is 52.4 Å². The third kappa shape index (κ3) is 16.5. The van der Waals surface area contributed by atoms with Crippen molar-refractivity contribution < 1.29 is 80.5 Å². The Morgan fingerprint density at radius 2 is 0.472 bits per heavy atom. The minimum atomic E-state index is -1.26. The highest BCUT2D eigenvalue weighted by Crippen LogP contribution is 2.74. The number of rotatable bonds is 24. The number of fused-ring (bicyclic) bond motifs is 20. The molecule has 0 aromatic carbocycles. The van der Waals surface area contributed by atoms with Gasteiger partial charge in [0.2, 0.25) is 0 Å². The zero-order valence-electron chi connectivity index (χ0n) is 78.6. The van der Waals surface area contributed by atoms with Crippen LogP contribution in [0.4, 0.5) is 19.2 Å². The highest BCUT2D eigenvalue weighted by molar-refractivity contribution is 5.76. The smallest absolute Gasteiger partial charge is 0.314 e. The minimum absolute atomic E-state index is 0.0505. The van der Waals surface area contributed by atoms with Crippen LogP contribution in [-0.4, -0.2) is 211 Å². The van der Waals surface area contributed by atoms with Crippen molar-refractivity contribution in [2.45, 2.75) is 362 Å². The Hall–Kier alpha value is -3.40. The maximum Gasteiger partial charge on any atom is 0.314 e. The quantitative estimate of drug-likeness (QED) is 0.0427. The lowest BCUT2D eigenvalue weighted by Crippen LogP contribution is -2.62. The van der Waals surface area contributed by atoms with Gasteiger partial charge in [-0.15, -0.1) is 0 Å². The second-order valence-electron chi connectivity index (χ2n) is 49.1. The van der Waals surface area contributed by atoms with Crippen LogP contribution in [0, 0.1) is 191 Å². The first-order valence-electron chi connectivity index (χ1n) is 51.3. The topological polar surface area (TPSA) is 407 Å². The van der Waals surface area contributed by atoms with E-state index in [1.165, 1.54) is 0 Å². The lowest BCUT2D eigenvalue weighted by molar-refractivity contribution is -0.207. The fourth-order valence-corrected chi connectivity index (χ4v) is 36.7. The maximum atomic E-state index is 14.6. The van der Waals surface area contributed by atoms with Gasteiger partial charge in [-0.1, -0.05) is 83.1 Å². The Kier molecular flexibility index (Phi) is 27.4. The lowest BCUT2D eigenvalue weighted by atomic mass is 9.43. The van der Waals surface area contributed by atoms with E-state index in [9.17, 15) is 80.5 Å². The average molecular weight is 1750 g/mol. The standard InChI is InChI=1S/C101H172N8O16/c1-53(65-13-17-69-85-73(45-81(118)97(65,69)9)93(5)29-21-61(110)37-57(93)41-77(85)114)25-33-102-89(122)106-49-101(50-107-90(123)103-34-26-54(2)66-14-18-70-86-74(46-82(119)98(66,70)10)94(6)30-22-62(111)38-58(94)42-78(86)115,51-108-91(124)104-35-27-55(3)67-15-19-71-87-75(47-83(120)99(67,71)11)95(7)31-23-63(112)39-59(95)43-79(87)116)52-109-92(125)105-36-28-56(4)68-16-20-72-88-76(48-84(121)100(68,72)12)96(8)32-24-64(113)40-60(96)44-80(88)117/h53-88,110-121H,13-52H2,1-12H3,(H2,102,106,122)(H2,103,107,123)(H2,104,108,124)(H2,105,109,125)/t53-,54-,55-,56-,57+,58+,59+,60+,61-,62-,63-,64-,65-,66-,67-,68-,69+,70+,71+,72+,73+,74+,75+,76+,77-,78-,79-,80-,81+,82+,83+,84+,85+,86+,87+,88+,93+,94+,95+,96+,97-,98-,99-,100-/m1/s1. The van der Waals surface area contributed by atoms with Crippen molar-refractivity contribution >= 4 is 24.1 Å². The number of aliphatic hydroxyl groups excluding tert-OH is 12. The second-order valence-corrected chi connectivity index (χ2v) is 49.1. The molecule has 24 nitrogen and oxygen atoms in total. The largest absolute Gasteiger partial charge is 0.393 e. The van der Waals surface area contributed by atoms with E-state index in [1.54, 1.807) is 0 Å². The molecule has 16 aliphatic carbocycles. The molecule has 16 aliphatic rings. The summed E-state index contributed by atoms with van der Waals surface area (Å²) in [6, 6.07) is -1.88. The molecule has 16 saturated carbocycles. The third-order valence-corrected chi connectivity index (χ3v) is 44.1. The van der Waals surface area contributed by atoms with Crippen molar-refractivity contribution in [1.82, 2.24) is 42.5 Å². The predicted octanol–water partition coefficient (Wildman–Crippen LogP) is 11.1. The normalized spacial score (nSPS) is 50.3. The molecule has 16 fully saturated rings. The molecule has 712 valence electrons. The van der Waals surface area contributed by atoms with Crippen LogP contribution in [0.25, 0.3) is 0 Å². The first kappa shape index (κ1) is 94.8. The average Bonchev–Trinajstić information content (AvgIpc) is 1.62. The second kappa shape index (κ2) is 36.1. The van der Waals surface area contributed by atoms with Crippen LogP contribution in [0.15, 0.2) is 0 Å². The van der Waals surface area contributed by atoms with Gasteiger partial charge in [0.05, 0.1) is 73.2 Å². The number of nitrogens with one attached hydrogen (secondary N) is 8. The summed E-state index contributed by atoms with van der Waals surface area (Å²) < 4.78 is 0. The molecule has 0 bridgehead atoms. The molecule has 24 heteroatoms. The highest BCUT2D eigenvalue weighted by Gasteiger charge is 2.72. The molecular weight excluding hydrogens is 1580 g/mol. The zero-order chi connectivity index (χ0) is 89.5. The number of amides is 8. The summed E-state index contributed by atoms with van der Waals surface area (Å²) in [6.45, 7) is 28.1. The van der Waals surface area contributed by atoms with Gasteiger partial charge in [-0.3, -0.25) is 0 Å². The number of hydrogen-bond acceptors (Lipinski definition) is 16. The molecule has 125 heavy (non-hydrogen) atoms. The monoisotopic (exact) mass is 1750 g/mol. The fraction of sp³-hybridized carbons (Fsp3) is 0.960. The summed E-state index contributed by atoms with van der Waals surface area (Å²) in [5, 5.41) is 166. The van der Waals surface area contributed by atoms with Crippen molar-refractivity contribution in [3.63, 3.8) is 0 Å². The number of hydrogen-bond donors (Lipinski definition) is 20. The van der Waals surface area contributed by atoms with Crippen LogP contribution < -0.4 is 42.5 Å². The van der Waals surface area contributed by atoms with Crippen LogP contribution in [-0.2, 0) is 0 Å². The van der Waals surface area contributed by atoms with Crippen LogP contribution in [0.1, 0.15) is 289 Å². The van der Waals surface area contributed by atoms with Gasteiger partial charge in [0.25, 0.3) is 0 Å². The molecule has 20 N–H and O–H groups in total. The molecule has 0 aromatic rings. The van der Waals surface area contributed by atoms with E-state index >= 15 is 0 Å². The first-order valence-corrected chi connectivity index (χ1v) is 51.3. The Labute approximate surface area is 748 Å². The van der Waals surface area contributed by atoms with E-state index < -0.39 is 100 Å². The van der Waals surface area contributed by atoms with Crippen LogP contribution in [0.5, 0.6) is 0 Å². The van der Waals surface area contributed by atoms with E-state index in [1.807, 2.05) is 0 Å². The number of carbonyl (C=O) groups is 4. The fourth-order valence-electron chi connectivity index (χ4n) is 36.7. The summed E-state index contributed by atoms with van der Waals surface area (Å²) in [5.74, 6) is 3.38. The van der Waals surface area contributed by atoms with Crippen LogP contribution >= 0.6 is 0 Å². The summed E-state index contributed by atoms with van der Waals surface area (Å²) in [5.41, 5.74) is -3.19. The van der Waals surface area contributed by atoms with Gasteiger partial charge in [0.1, 0.15) is 0 Å². The van der Waals surface area contributed by atoms with Crippen LogP contribution in [0.2, 0.25) is 0 Å². The van der Waals surface area contributed by atoms with Gasteiger partial charge in [-0.25, -0.2) is 19.2 Å². The summed E-state index contributed by atoms with van der Waals surface area (Å²) in [7, 11) is 0. The molecule has 0 spiro atoms. The van der Waals surface area contributed by atoms with Crippen molar-refractivity contribution in [3.8, 4) is 0 Å². The van der Waals surface area contributed by atoms with Crippen molar-refractivity contribution in [2.24, 2.45) is 191 Å². The SMILES string of the molecule is C[C@H](CCNC(=O)NCC(CNC(=O)NCC[C@@H](C)[C@H]1CC[C@H]2[C@@H]3[C@H](O)C[C@@H]4C[C@H](O)CC[C@]4(C)[C@H]3C[C@H](O)[C@]12C)(CNC(=O)NCC[C@@H](C)[C@H]1CC[C@H]2[C@@H]3[C@H](O)C[C@@H]4C[C@H](O)CC[C@]4(C)[C@H]3C[C@H](O)[C@]12C)CNC(=O)NCC[C@@H](C)[C@H]1CC[C@H]2[C@@H]3[C@H](O)C[C@@H]4C[C@H](O)CC[C@]4(C)[C@H]3C[C@H](O)[C@]12C)[C@H]1CC[C@H]2[C@@H]3[C@H](O)C[C@@H]4C[C@H](O)CC[C@]4(C)[C@H]3C[C@H](O)[C@]12C. The van der Waals surface area contributed by atoms with E-state index in [2.05, 4.69) is 126 Å². The van der Waals surface area contributed by atoms with Gasteiger partial charge in [0, 0.05) is 57.8 Å². The van der Waals surface area contributed by atoms with Crippen LogP contribution in [0.3, 0.4) is 0 Å². The minimum Gasteiger partial charge on any atom is -0.393 e. The van der Waals surface area contributed by atoms with Crippen molar-refractivity contribution in [1.29, 1.82) is 0 Å². The summed E-state index contributed by atoms with van der Waals surface area (Å²) in [4.78, 5) is 58.5. The van der Waals surface area contributed by atoms with Gasteiger partial charge >= 0.3 is 24.1 Å². The third-order valence-electron chi connectivity index (χ3n) is 44.1. The van der Waals surface area contributed by atoms with Gasteiger partial charge in [-0.2, -0.15) is 0 Å². The molecule has 0 heterocycles. The Morgan fingerprint density at radius 1 is 0.272 bits per heavy atom. The summed E-state index contributed by atoms with van der Waals surface area (Å²) in [6.07, 6.45) is 18.7. The number of aliphatic hydroxyl groups is 12.